The minimum absolute atomic E-state index is 0.218. The molecule has 1 aromatic carbocycles. The largest absolute Gasteiger partial charge is 0.330 e. The van der Waals surface area contributed by atoms with Crippen molar-refractivity contribution in [3.8, 4) is 0 Å². The first-order valence-corrected chi connectivity index (χ1v) is 5.70. The summed E-state index contributed by atoms with van der Waals surface area (Å²) in [5.74, 6) is 0.417. The van der Waals surface area contributed by atoms with Gasteiger partial charge in [0.2, 0.25) is 0 Å². The molecule has 0 aliphatic rings. The van der Waals surface area contributed by atoms with Crippen molar-refractivity contribution in [1.82, 2.24) is 0 Å². The van der Waals surface area contributed by atoms with E-state index < -0.39 is 0 Å². The summed E-state index contributed by atoms with van der Waals surface area (Å²) in [6.07, 6.45) is 0. The summed E-state index contributed by atoms with van der Waals surface area (Å²) < 4.78 is 1.12. The van der Waals surface area contributed by atoms with Gasteiger partial charge >= 0.3 is 0 Å². The van der Waals surface area contributed by atoms with Crippen LogP contribution < -0.4 is 5.73 Å². The molecule has 0 spiro atoms. The molecule has 0 heterocycles. The van der Waals surface area contributed by atoms with Crippen molar-refractivity contribution in [2.75, 3.05) is 6.54 Å². The third kappa shape index (κ3) is 2.82. The van der Waals surface area contributed by atoms with Crippen LogP contribution in [-0.4, -0.2) is 6.54 Å². The van der Waals surface area contributed by atoms with Crippen molar-refractivity contribution in [2.45, 2.75) is 26.7 Å². The lowest BCUT2D eigenvalue weighted by atomic mass is 9.76. The Morgan fingerprint density at radius 3 is 2.43 bits per heavy atom. The maximum Gasteiger partial charge on any atom is 0.0178 e. The van der Waals surface area contributed by atoms with Gasteiger partial charge in [-0.3, -0.25) is 0 Å². The van der Waals surface area contributed by atoms with E-state index in [1.54, 1.807) is 0 Å². The molecule has 1 unspecified atom stereocenters. The Morgan fingerprint density at radius 2 is 2.00 bits per heavy atom. The molecule has 0 radical (unpaired) electrons. The molecule has 78 valence electrons. The molecule has 1 aromatic rings. The molecule has 2 heteroatoms. The Bertz CT molecular complexity index is 301. The Kier molecular flexibility index (Phi) is 3.73. The van der Waals surface area contributed by atoms with Crippen molar-refractivity contribution in [2.24, 2.45) is 11.1 Å². The van der Waals surface area contributed by atoms with E-state index in [0.29, 0.717) is 12.5 Å². The number of hydrogen-bond donors (Lipinski definition) is 1. The summed E-state index contributed by atoms with van der Waals surface area (Å²) in [5.41, 5.74) is 7.36. The van der Waals surface area contributed by atoms with E-state index in [4.69, 9.17) is 5.73 Å². The highest BCUT2D eigenvalue weighted by Crippen LogP contribution is 2.34. The summed E-state index contributed by atoms with van der Waals surface area (Å²) in [4.78, 5) is 0. The molecule has 0 bridgehead atoms. The lowest BCUT2D eigenvalue weighted by molar-refractivity contribution is 0.325. The number of hydrogen-bond acceptors (Lipinski definition) is 1. The second kappa shape index (κ2) is 4.45. The fraction of sp³-hybridized carbons (Fsp3) is 0.500. The molecule has 1 rings (SSSR count). The molecule has 1 nitrogen and oxygen atoms in total. The molecule has 0 amide bonds. The predicted molar refractivity (Wildman–Crippen MR) is 65.4 cm³/mol. The fourth-order valence-electron chi connectivity index (χ4n) is 1.71. The molecular formula is C12H18BrN. The molecule has 0 saturated heterocycles. The Morgan fingerprint density at radius 1 is 1.36 bits per heavy atom. The van der Waals surface area contributed by atoms with Crippen LogP contribution in [0.25, 0.3) is 0 Å². The third-order valence-corrected chi connectivity index (χ3v) is 3.03. The summed E-state index contributed by atoms with van der Waals surface area (Å²) in [5, 5.41) is 0. The van der Waals surface area contributed by atoms with Gasteiger partial charge in [-0.1, -0.05) is 48.8 Å². The van der Waals surface area contributed by atoms with Crippen LogP contribution in [0.1, 0.15) is 32.3 Å². The van der Waals surface area contributed by atoms with Gasteiger partial charge in [0.1, 0.15) is 0 Å². The fourth-order valence-corrected chi connectivity index (χ4v) is 2.13. The number of rotatable bonds is 2. The number of benzene rings is 1. The monoisotopic (exact) mass is 255 g/mol. The molecule has 0 fully saturated rings. The molecule has 1 atom stereocenters. The minimum Gasteiger partial charge on any atom is -0.330 e. The van der Waals surface area contributed by atoms with Gasteiger partial charge in [-0.15, -0.1) is 0 Å². The van der Waals surface area contributed by atoms with Crippen LogP contribution >= 0.6 is 15.9 Å². The van der Waals surface area contributed by atoms with E-state index in [9.17, 15) is 0 Å². The normalized spacial score (nSPS) is 14.1. The van der Waals surface area contributed by atoms with Crippen LogP contribution in [0.3, 0.4) is 0 Å². The Hall–Kier alpha value is -0.340. The highest BCUT2D eigenvalue weighted by atomic mass is 79.9. The second-order valence-corrected chi connectivity index (χ2v) is 5.62. The molecule has 0 aromatic heterocycles. The molecule has 0 saturated carbocycles. The summed E-state index contributed by atoms with van der Waals surface area (Å²) in [6, 6.07) is 8.41. The zero-order valence-electron chi connectivity index (χ0n) is 9.05. The van der Waals surface area contributed by atoms with Gasteiger partial charge in [0.25, 0.3) is 0 Å². The summed E-state index contributed by atoms with van der Waals surface area (Å²) in [7, 11) is 0. The van der Waals surface area contributed by atoms with Crippen molar-refractivity contribution in [1.29, 1.82) is 0 Å². The predicted octanol–water partition coefficient (Wildman–Crippen LogP) is 3.54. The molecule has 14 heavy (non-hydrogen) atoms. The zero-order valence-corrected chi connectivity index (χ0v) is 10.6. The highest BCUT2D eigenvalue weighted by Gasteiger charge is 2.24. The summed E-state index contributed by atoms with van der Waals surface area (Å²) in [6.45, 7) is 7.38. The lowest BCUT2D eigenvalue weighted by Crippen LogP contribution is -2.25. The number of halogens is 1. The van der Waals surface area contributed by atoms with Crippen LogP contribution in [0.15, 0.2) is 28.7 Å². The van der Waals surface area contributed by atoms with Gasteiger partial charge in [0.15, 0.2) is 0 Å². The number of nitrogens with two attached hydrogens (primary N) is 1. The van der Waals surface area contributed by atoms with E-state index in [-0.39, 0.29) is 5.41 Å². The van der Waals surface area contributed by atoms with Crippen molar-refractivity contribution >= 4 is 15.9 Å². The topological polar surface area (TPSA) is 26.0 Å². The van der Waals surface area contributed by atoms with Gasteiger partial charge in [0, 0.05) is 10.4 Å². The first-order chi connectivity index (χ1) is 6.45. The smallest absolute Gasteiger partial charge is 0.0178 e. The van der Waals surface area contributed by atoms with E-state index in [1.807, 2.05) is 6.07 Å². The Labute approximate surface area is 94.8 Å². The van der Waals surface area contributed by atoms with Crippen LogP contribution in [0.2, 0.25) is 0 Å². The van der Waals surface area contributed by atoms with Crippen LogP contribution in [0, 0.1) is 5.41 Å². The van der Waals surface area contributed by atoms with Gasteiger partial charge < -0.3 is 5.73 Å². The van der Waals surface area contributed by atoms with Crippen molar-refractivity contribution < 1.29 is 0 Å². The standard InChI is InChI=1S/C12H18BrN/c1-12(2,3)11(8-14)9-5-4-6-10(13)7-9/h4-7,11H,8,14H2,1-3H3. The van der Waals surface area contributed by atoms with Crippen molar-refractivity contribution in [3.63, 3.8) is 0 Å². The minimum atomic E-state index is 0.218. The first-order valence-electron chi connectivity index (χ1n) is 4.90. The van der Waals surface area contributed by atoms with Gasteiger partial charge in [-0.25, -0.2) is 0 Å². The van der Waals surface area contributed by atoms with E-state index in [2.05, 4.69) is 54.9 Å². The zero-order chi connectivity index (χ0) is 10.8. The lowest BCUT2D eigenvalue weighted by Gasteiger charge is -2.30. The van der Waals surface area contributed by atoms with Gasteiger partial charge in [-0.2, -0.15) is 0 Å². The van der Waals surface area contributed by atoms with Crippen LogP contribution in [0.5, 0.6) is 0 Å². The van der Waals surface area contributed by atoms with E-state index in [0.717, 1.165) is 4.47 Å². The third-order valence-electron chi connectivity index (χ3n) is 2.53. The van der Waals surface area contributed by atoms with E-state index >= 15 is 0 Å². The highest BCUT2D eigenvalue weighted by molar-refractivity contribution is 9.10. The molecule has 0 aliphatic heterocycles. The second-order valence-electron chi connectivity index (χ2n) is 4.71. The maximum absolute atomic E-state index is 5.83. The first kappa shape index (κ1) is 11.7. The average Bonchev–Trinajstić information content (AvgIpc) is 2.02. The maximum atomic E-state index is 5.83. The van der Waals surface area contributed by atoms with Gasteiger partial charge in [0.05, 0.1) is 0 Å². The molecule has 0 aliphatic carbocycles. The Balaban J connectivity index is 3.01. The molecular weight excluding hydrogens is 238 g/mol. The van der Waals surface area contributed by atoms with Crippen LogP contribution in [0.4, 0.5) is 0 Å². The quantitative estimate of drug-likeness (QED) is 0.860. The van der Waals surface area contributed by atoms with E-state index in [1.165, 1.54) is 5.56 Å². The SMILES string of the molecule is CC(C)(C)C(CN)c1cccc(Br)c1. The average molecular weight is 256 g/mol. The van der Waals surface area contributed by atoms with Crippen LogP contribution in [-0.2, 0) is 0 Å². The molecule has 2 N–H and O–H groups in total. The van der Waals surface area contributed by atoms with Crippen molar-refractivity contribution in [3.05, 3.63) is 34.3 Å². The summed E-state index contributed by atoms with van der Waals surface area (Å²) >= 11 is 3.49. The van der Waals surface area contributed by atoms with Gasteiger partial charge in [-0.05, 0) is 29.7 Å².